The lowest BCUT2D eigenvalue weighted by Crippen LogP contribution is -2.00. The largest absolute Gasteiger partial charge is 0.381 e. The molecule has 0 heterocycles. The second-order valence-corrected chi connectivity index (χ2v) is 4.15. The quantitative estimate of drug-likeness (QED) is 0.659. The molecular formula is C14H14N2O2. The van der Waals surface area contributed by atoms with Crippen molar-refractivity contribution >= 4 is 11.4 Å². The number of rotatable bonds is 4. The van der Waals surface area contributed by atoms with Crippen LogP contribution < -0.4 is 5.32 Å². The first-order chi connectivity index (χ1) is 8.65. The summed E-state index contributed by atoms with van der Waals surface area (Å²) in [4.78, 5) is 10.4. The van der Waals surface area contributed by atoms with Crippen molar-refractivity contribution in [1.29, 1.82) is 0 Å². The summed E-state index contributed by atoms with van der Waals surface area (Å²) in [5.41, 5.74) is 2.90. The molecule has 1 N–H and O–H groups in total. The van der Waals surface area contributed by atoms with E-state index >= 15 is 0 Å². The zero-order chi connectivity index (χ0) is 13.0. The fourth-order valence-electron chi connectivity index (χ4n) is 1.77. The first kappa shape index (κ1) is 12.1. The molecule has 0 saturated carbocycles. The van der Waals surface area contributed by atoms with E-state index in [4.69, 9.17) is 0 Å². The van der Waals surface area contributed by atoms with Crippen molar-refractivity contribution in [2.75, 3.05) is 5.32 Å². The van der Waals surface area contributed by atoms with Crippen LogP contribution in [-0.2, 0) is 6.54 Å². The van der Waals surface area contributed by atoms with E-state index in [1.165, 1.54) is 0 Å². The number of anilines is 1. The van der Waals surface area contributed by atoms with E-state index in [2.05, 4.69) is 5.32 Å². The van der Waals surface area contributed by atoms with Gasteiger partial charge in [0.05, 0.1) is 4.92 Å². The summed E-state index contributed by atoms with van der Waals surface area (Å²) in [5, 5.41) is 13.9. The molecule has 2 aromatic rings. The second-order valence-electron chi connectivity index (χ2n) is 4.15. The first-order valence-electron chi connectivity index (χ1n) is 5.69. The molecule has 0 spiro atoms. The van der Waals surface area contributed by atoms with E-state index in [-0.39, 0.29) is 10.6 Å². The monoisotopic (exact) mass is 242 g/mol. The predicted octanol–water partition coefficient (Wildman–Crippen LogP) is 3.52. The highest BCUT2D eigenvalue weighted by molar-refractivity contribution is 5.54. The number of benzene rings is 2. The standard InChI is InChI=1S/C14H14N2O2/c1-11-7-13(9-14(8-11)16(17)18)15-10-12-5-3-2-4-6-12/h2-9,15H,10H2,1H3. The highest BCUT2D eigenvalue weighted by Gasteiger charge is 2.07. The number of nitrogens with zero attached hydrogens (tertiary/aromatic N) is 1. The van der Waals surface area contributed by atoms with Crippen LogP contribution in [0.5, 0.6) is 0 Å². The van der Waals surface area contributed by atoms with Gasteiger partial charge in [-0.3, -0.25) is 10.1 Å². The third-order valence-corrected chi connectivity index (χ3v) is 2.61. The van der Waals surface area contributed by atoms with Gasteiger partial charge in [0.1, 0.15) is 0 Å². The molecule has 0 saturated heterocycles. The number of hydrogen-bond acceptors (Lipinski definition) is 3. The average Bonchev–Trinajstić information content (AvgIpc) is 2.37. The van der Waals surface area contributed by atoms with Crippen molar-refractivity contribution in [1.82, 2.24) is 0 Å². The molecule has 0 aliphatic rings. The zero-order valence-electron chi connectivity index (χ0n) is 10.1. The molecule has 92 valence electrons. The molecule has 0 unspecified atom stereocenters. The molecule has 2 rings (SSSR count). The third-order valence-electron chi connectivity index (χ3n) is 2.61. The molecule has 18 heavy (non-hydrogen) atoms. The molecule has 0 amide bonds. The minimum absolute atomic E-state index is 0.116. The van der Waals surface area contributed by atoms with Crippen molar-refractivity contribution in [2.24, 2.45) is 0 Å². The molecule has 4 heteroatoms. The summed E-state index contributed by atoms with van der Waals surface area (Å²) in [5.74, 6) is 0. The number of hydrogen-bond donors (Lipinski definition) is 1. The highest BCUT2D eigenvalue weighted by Crippen LogP contribution is 2.20. The Morgan fingerprint density at radius 3 is 2.56 bits per heavy atom. The molecule has 0 bridgehead atoms. The first-order valence-corrected chi connectivity index (χ1v) is 5.69. The van der Waals surface area contributed by atoms with Gasteiger partial charge in [0.2, 0.25) is 0 Å². The Balaban J connectivity index is 2.12. The van der Waals surface area contributed by atoms with Gasteiger partial charge in [0, 0.05) is 24.4 Å². The van der Waals surface area contributed by atoms with Crippen LogP contribution in [0.1, 0.15) is 11.1 Å². The summed E-state index contributed by atoms with van der Waals surface area (Å²) in [6, 6.07) is 14.9. The van der Waals surface area contributed by atoms with Gasteiger partial charge in [0.15, 0.2) is 0 Å². The van der Waals surface area contributed by atoms with Gasteiger partial charge in [-0.1, -0.05) is 30.3 Å². The van der Waals surface area contributed by atoms with Gasteiger partial charge in [0.25, 0.3) is 5.69 Å². The summed E-state index contributed by atoms with van der Waals surface area (Å²) < 4.78 is 0. The molecular weight excluding hydrogens is 228 g/mol. The minimum atomic E-state index is -0.374. The van der Waals surface area contributed by atoms with Crippen LogP contribution in [-0.4, -0.2) is 4.92 Å². The van der Waals surface area contributed by atoms with Gasteiger partial charge in [-0.2, -0.15) is 0 Å². The van der Waals surface area contributed by atoms with Gasteiger partial charge < -0.3 is 5.32 Å². The van der Waals surface area contributed by atoms with E-state index in [9.17, 15) is 10.1 Å². The predicted molar refractivity (Wildman–Crippen MR) is 71.6 cm³/mol. The van der Waals surface area contributed by atoms with E-state index in [1.54, 1.807) is 12.1 Å². The normalized spacial score (nSPS) is 10.1. The van der Waals surface area contributed by atoms with Crippen LogP contribution >= 0.6 is 0 Å². The van der Waals surface area contributed by atoms with Crippen LogP contribution in [0, 0.1) is 17.0 Å². The second kappa shape index (κ2) is 5.31. The molecule has 2 aromatic carbocycles. The lowest BCUT2D eigenvalue weighted by Gasteiger charge is -2.07. The molecule has 0 radical (unpaired) electrons. The third kappa shape index (κ3) is 3.07. The Labute approximate surface area is 105 Å². The molecule has 0 atom stereocenters. The number of nitro benzene ring substituents is 1. The van der Waals surface area contributed by atoms with Crippen LogP contribution in [0.3, 0.4) is 0 Å². The average molecular weight is 242 g/mol. The topological polar surface area (TPSA) is 55.2 Å². The van der Waals surface area contributed by atoms with Gasteiger partial charge in [-0.05, 0) is 24.1 Å². The maximum absolute atomic E-state index is 10.8. The molecule has 0 aliphatic carbocycles. The summed E-state index contributed by atoms with van der Waals surface area (Å²) in [6.07, 6.45) is 0. The van der Waals surface area contributed by atoms with E-state index in [0.29, 0.717) is 6.54 Å². The van der Waals surface area contributed by atoms with Crippen molar-refractivity contribution in [3.8, 4) is 0 Å². The summed E-state index contributed by atoms with van der Waals surface area (Å²) in [6.45, 7) is 2.50. The maximum atomic E-state index is 10.8. The van der Waals surface area contributed by atoms with Crippen molar-refractivity contribution in [3.05, 3.63) is 69.8 Å². The Morgan fingerprint density at radius 1 is 1.17 bits per heavy atom. The van der Waals surface area contributed by atoms with Crippen molar-refractivity contribution in [2.45, 2.75) is 13.5 Å². The van der Waals surface area contributed by atoms with Crippen molar-refractivity contribution < 1.29 is 4.92 Å². The highest BCUT2D eigenvalue weighted by atomic mass is 16.6. The van der Waals surface area contributed by atoms with Gasteiger partial charge in [-0.15, -0.1) is 0 Å². The zero-order valence-corrected chi connectivity index (χ0v) is 10.1. The number of nitro groups is 1. The molecule has 0 fully saturated rings. The summed E-state index contributed by atoms with van der Waals surface area (Å²) in [7, 11) is 0. The Bertz CT molecular complexity index is 553. The van der Waals surface area contributed by atoms with Crippen LogP contribution in [0.25, 0.3) is 0 Å². The van der Waals surface area contributed by atoms with E-state index < -0.39 is 0 Å². The smallest absolute Gasteiger partial charge is 0.271 e. The number of non-ortho nitro benzene ring substituents is 1. The van der Waals surface area contributed by atoms with Gasteiger partial charge in [-0.25, -0.2) is 0 Å². The Hall–Kier alpha value is -2.36. The summed E-state index contributed by atoms with van der Waals surface area (Å²) >= 11 is 0. The Morgan fingerprint density at radius 2 is 1.89 bits per heavy atom. The number of aryl methyl sites for hydroxylation is 1. The van der Waals surface area contributed by atoms with Crippen LogP contribution in [0.2, 0.25) is 0 Å². The van der Waals surface area contributed by atoms with Crippen molar-refractivity contribution in [3.63, 3.8) is 0 Å². The fraction of sp³-hybridized carbons (Fsp3) is 0.143. The SMILES string of the molecule is Cc1cc(NCc2ccccc2)cc([N+](=O)[O-])c1. The van der Waals surface area contributed by atoms with Gasteiger partial charge >= 0.3 is 0 Å². The molecule has 0 aliphatic heterocycles. The minimum Gasteiger partial charge on any atom is -0.381 e. The lowest BCUT2D eigenvalue weighted by molar-refractivity contribution is -0.384. The Kier molecular flexibility index (Phi) is 3.57. The lowest BCUT2D eigenvalue weighted by atomic mass is 10.2. The maximum Gasteiger partial charge on any atom is 0.271 e. The van der Waals surface area contributed by atoms with E-state index in [0.717, 1.165) is 16.8 Å². The van der Waals surface area contributed by atoms with Crippen LogP contribution in [0.4, 0.5) is 11.4 Å². The molecule has 4 nitrogen and oxygen atoms in total. The molecule has 0 aromatic heterocycles. The fourth-order valence-corrected chi connectivity index (χ4v) is 1.77. The number of nitrogens with one attached hydrogen (secondary N) is 1. The van der Waals surface area contributed by atoms with Crippen LogP contribution in [0.15, 0.2) is 48.5 Å². The van der Waals surface area contributed by atoms with E-state index in [1.807, 2.05) is 43.3 Å².